The summed E-state index contributed by atoms with van der Waals surface area (Å²) in [5.41, 5.74) is 6.33. The lowest BCUT2D eigenvalue weighted by Gasteiger charge is -2.50. The van der Waals surface area contributed by atoms with Crippen molar-refractivity contribution in [3.63, 3.8) is 0 Å². The Morgan fingerprint density at radius 2 is 1.60 bits per heavy atom. The number of phenolic OH excluding ortho intramolecular Hbond substituents is 2. The van der Waals surface area contributed by atoms with E-state index in [1.54, 1.807) is 30.3 Å². The van der Waals surface area contributed by atoms with Gasteiger partial charge >= 0.3 is 0 Å². The third-order valence-electron chi connectivity index (χ3n) is 11.6. The second-order valence-corrected chi connectivity index (χ2v) is 15.6. The molecule has 53 heavy (non-hydrogen) atoms. The molecule has 8 rings (SSSR count). The van der Waals surface area contributed by atoms with Crippen LogP contribution in [0.15, 0.2) is 103 Å². The first-order valence-electron chi connectivity index (χ1n) is 17.7. The summed E-state index contributed by atoms with van der Waals surface area (Å²) in [6, 6.07) is 27.0. The Labute approximate surface area is 320 Å². The van der Waals surface area contributed by atoms with Gasteiger partial charge in [-0.05, 0) is 108 Å². The number of anilines is 1. The number of ether oxygens (including phenoxy) is 1. The number of nitrogens with zero attached hydrogens (tertiary/aromatic N) is 2. The second-order valence-electron chi connectivity index (χ2n) is 14.4. The van der Waals surface area contributed by atoms with E-state index in [-0.39, 0.29) is 42.0 Å². The van der Waals surface area contributed by atoms with E-state index >= 15 is 4.79 Å². The van der Waals surface area contributed by atoms with Crippen molar-refractivity contribution in [3.8, 4) is 17.2 Å². The fourth-order valence-corrected chi connectivity index (χ4v) is 9.85. The van der Waals surface area contributed by atoms with Crippen molar-refractivity contribution in [2.45, 2.75) is 37.5 Å². The monoisotopic (exact) mass is 823 g/mol. The third-order valence-corrected chi connectivity index (χ3v) is 12.5. The number of amides is 4. The fraction of sp³-hybridized carbons (Fsp3) is 0.286. The van der Waals surface area contributed by atoms with Crippen LogP contribution in [0.1, 0.15) is 41.0 Å². The molecule has 10 nitrogen and oxygen atoms in total. The van der Waals surface area contributed by atoms with Crippen molar-refractivity contribution >= 4 is 51.9 Å². The van der Waals surface area contributed by atoms with E-state index in [1.807, 2.05) is 96.3 Å². The molecule has 4 aromatic carbocycles. The van der Waals surface area contributed by atoms with Gasteiger partial charge in [0, 0.05) is 12.5 Å². The molecule has 1 saturated carbocycles. The van der Waals surface area contributed by atoms with Gasteiger partial charge < -0.3 is 14.9 Å². The average Bonchev–Trinajstić information content (AvgIpc) is 3.54. The molecule has 0 radical (unpaired) electrons. The van der Waals surface area contributed by atoms with E-state index in [1.165, 1.54) is 12.0 Å². The fourth-order valence-electron chi connectivity index (χ4n) is 9.23. The largest absolute Gasteiger partial charge is 0.508 e. The van der Waals surface area contributed by atoms with Crippen LogP contribution in [0, 0.1) is 34.2 Å². The summed E-state index contributed by atoms with van der Waals surface area (Å²) in [5.74, 6) is -4.46. The van der Waals surface area contributed by atoms with Crippen molar-refractivity contribution in [2.75, 3.05) is 19.1 Å². The van der Waals surface area contributed by atoms with Gasteiger partial charge in [-0.1, -0.05) is 71.8 Å². The Morgan fingerprint density at radius 3 is 2.30 bits per heavy atom. The average molecular weight is 824 g/mol. The van der Waals surface area contributed by atoms with Crippen molar-refractivity contribution in [1.82, 2.24) is 9.91 Å². The minimum Gasteiger partial charge on any atom is -0.508 e. The van der Waals surface area contributed by atoms with Gasteiger partial charge in [-0.15, -0.1) is 0 Å². The highest BCUT2D eigenvalue weighted by molar-refractivity contribution is 14.1. The molecule has 4 aliphatic rings. The Hall–Kier alpha value is -5.17. The number of methoxy groups -OCH3 is 1. The number of carbonyl (C=O) groups excluding carboxylic acids is 4. The van der Waals surface area contributed by atoms with E-state index in [0.29, 0.717) is 33.2 Å². The summed E-state index contributed by atoms with van der Waals surface area (Å²) < 4.78 is 6.12. The van der Waals surface area contributed by atoms with Crippen LogP contribution in [0.3, 0.4) is 0 Å². The van der Waals surface area contributed by atoms with Gasteiger partial charge in [0.05, 0.1) is 39.5 Å². The Morgan fingerprint density at radius 1 is 0.887 bits per heavy atom. The molecule has 0 aromatic heterocycles. The third kappa shape index (κ3) is 5.50. The molecular weight excluding hydrogens is 785 g/mol. The molecule has 2 heterocycles. The van der Waals surface area contributed by atoms with E-state index < -0.39 is 46.8 Å². The number of hydrazine groups is 1. The van der Waals surface area contributed by atoms with Crippen molar-refractivity contribution in [1.29, 1.82) is 0 Å². The number of aryl methyl sites for hydroxylation is 1. The van der Waals surface area contributed by atoms with Gasteiger partial charge in [-0.3, -0.25) is 29.5 Å². The van der Waals surface area contributed by atoms with Gasteiger partial charge in [0.25, 0.3) is 11.8 Å². The van der Waals surface area contributed by atoms with E-state index in [9.17, 15) is 24.6 Å². The molecule has 6 atom stereocenters. The smallest absolute Gasteiger partial charge is 0.260 e. The van der Waals surface area contributed by atoms with E-state index in [2.05, 4.69) is 5.43 Å². The van der Waals surface area contributed by atoms with Gasteiger partial charge in [0.1, 0.15) is 5.75 Å². The van der Waals surface area contributed by atoms with Crippen LogP contribution >= 0.6 is 22.6 Å². The first-order valence-corrected chi connectivity index (χ1v) is 18.8. The number of imide groups is 2. The quantitative estimate of drug-likeness (QED) is 0.108. The zero-order valence-electron chi connectivity index (χ0n) is 29.2. The molecule has 11 heteroatoms. The topological polar surface area (TPSA) is 136 Å². The molecule has 2 aliphatic carbocycles. The number of carbonyl (C=O) groups is 4. The summed E-state index contributed by atoms with van der Waals surface area (Å²) in [7, 11) is 1.46. The highest BCUT2D eigenvalue weighted by Crippen LogP contribution is 2.64. The minimum absolute atomic E-state index is 0.0375. The van der Waals surface area contributed by atoms with Crippen LogP contribution in [0.5, 0.6) is 17.2 Å². The van der Waals surface area contributed by atoms with Crippen LogP contribution in [-0.4, -0.2) is 57.4 Å². The lowest BCUT2D eigenvalue weighted by atomic mass is 9.49. The first kappa shape index (κ1) is 34.9. The minimum atomic E-state index is -1.43. The van der Waals surface area contributed by atoms with Gasteiger partial charge in [0.2, 0.25) is 11.8 Å². The van der Waals surface area contributed by atoms with Crippen LogP contribution in [0.25, 0.3) is 0 Å². The number of fused-ring (bicyclic) bond motifs is 4. The molecular formula is C42H38IN3O7. The standard InChI is InChI=1S/C42H38IN3O7/c1-23-8-12-27(13-9-23)44-46-39(50)32-22-31-29(16-17-30-35(31)40(51)45(38(30)49)19-18-24-10-14-28(47)15-11-24)36(25-20-33(43)37(48)34(21-25)53-2)42(32,41(46)52)26-6-4-3-5-7-26/h3-16,20-21,30-32,35-36,44,47-48H,17-19,22H2,1-2H3/t30-,31+,32-,35-,36-,42+/m0/s1. The van der Waals surface area contributed by atoms with Crippen molar-refractivity contribution < 1.29 is 34.1 Å². The molecule has 2 saturated heterocycles. The number of halogens is 1. The highest BCUT2D eigenvalue weighted by atomic mass is 127. The van der Waals surface area contributed by atoms with Crippen LogP contribution < -0.4 is 10.2 Å². The predicted molar refractivity (Wildman–Crippen MR) is 205 cm³/mol. The van der Waals surface area contributed by atoms with Crippen molar-refractivity contribution in [2.24, 2.45) is 23.7 Å². The molecule has 0 unspecified atom stereocenters. The van der Waals surface area contributed by atoms with Gasteiger partial charge in [0.15, 0.2) is 11.5 Å². The van der Waals surface area contributed by atoms with E-state index in [4.69, 9.17) is 4.74 Å². The number of likely N-dealkylation sites (tertiary alicyclic amines) is 1. The molecule has 2 aliphatic heterocycles. The molecule has 0 bridgehead atoms. The number of allylic oxidation sites excluding steroid dienone is 2. The van der Waals surface area contributed by atoms with Gasteiger partial charge in [-0.2, -0.15) is 5.01 Å². The lowest BCUT2D eigenvalue weighted by molar-refractivity contribution is -0.141. The predicted octanol–water partition coefficient (Wildman–Crippen LogP) is 6.25. The number of aromatic hydroxyl groups is 2. The summed E-state index contributed by atoms with van der Waals surface area (Å²) in [6.45, 7) is 2.15. The van der Waals surface area contributed by atoms with E-state index in [0.717, 1.165) is 21.7 Å². The number of nitrogens with one attached hydrogen (secondary N) is 1. The molecule has 4 amide bonds. The number of phenols is 2. The molecule has 3 fully saturated rings. The second kappa shape index (κ2) is 13.4. The van der Waals surface area contributed by atoms with Crippen molar-refractivity contribution in [3.05, 3.63) is 128 Å². The maximum absolute atomic E-state index is 15.3. The zero-order chi connectivity index (χ0) is 37.2. The molecule has 4 aromatic rings. The first-order chi connectivity index (χ1) is 25.5. The van der Waals surface area contributed by atoms with Gasteiger partial charge in [-0.25, -0.2) is 0 Å². The summed E-state index contributed by atoms with van der Waals surface area (Å²) in [5, 5.41) is 21.8. The molecule has 3 N–H and O–H groups in total. The number of hydrogen-bond acceptors (Lipinski definition) is 8. The maximum Gasteiger partial charge on any atom is 0.260 e. The SMILES string of the molecule is COc1cc([C@H]2C3=CC[C@@H]4C(=O)N(CCc5ccc(O)cc5)C(=O)[C@@H]4[C@@H]3C[C@H]3C(=O)N(Nc4ccc(C)cc4)C(=O)[C@@]23c2ccccc2)cc(I)c1O. The molecule has 270 valence electrons. The van der Waals surface area contributed by atoms with Crippen LogP contribution in [-0.2, 0) is 31.0 Å². The molecule has 0 spiro atoms. The van der Waals surface area contributed by atoms with Crippen LogP contribution in [0.2, 0.25) is 0 Å². The summed E-state index contributed by atoms with van der Waals surface area (Å²) >= 11 is 2.04. The zero-order valence-corrected chi connectivity index (χ0v) is 31.3. The Kier molecular flexibility index (Phi) is 8.79. The number of rotatable bonds is 8. The Bertz CT molecular complexity index is 2170. The summed E-state index contributed by atoms with van der Waals surface area (Å²) in [6.07, 6.45) is 2.95. The highest BCUT2D eigenvalue weighted by Gasteiger charge is 2.70. The number of hydrogen-bond donors (Lipinski definition) is 3. The van der Waals surface area contributed by atoms with Crippen LogP contribution in [0.4, 0.5) is 5.69 Å². The normalized spacial score (nSPS) is 26.2. The number of benzene rings is 4. The maximum atomic E-state index is 15.3. The summed E-state index contributed by atoms with van der Waals surface area (Å²) in [4.78, 5) is 60.0. The lowest BCUT2D eigenvalue weighted by Crippen LogP contribution is -2.53. The Balaban J connectivity index is 1.27.